The van der Waals surface area contributed by atoms with E-state index in [2.05, 4.69) is 4.90 Å². The van der Waals surface area contributed by atoms with Crippen molar-refractivity contribution in [3.63, 3.8) is 0 Å². The van der Waals surface area contributed by atoms with Gasteiger partial charge in [0.05, 0.1) is 0 Å². The van der Waals surface area contributed by atoms with Crippen molar-refractivity contribution in [2.24, 2.45) is 0 Å². The van der Waals surface area contributed by atoms with Crippen LogP contribution in [0.1, 0.15) is 18.4 Å². The molecule has 2 N–H and O–H groups in total. The Hall–Kier alpha value is -3.40. The van der Waals surface area contributed by atoms with Crippen molar-refractivity contribution in [1.82, 2.24) is 14.4 Å². The minimum absolute atomic E-state index is 0.0850. The molecule has 2 aromatic carbocycles. The molecule has 178 valence electrons. The summed E-state index contributed by atoms with van der Waals surface area (Å²) in [4.78, 5) is 13.7. The van der Waals surface area contributed by atoms with Crippen molar-refractivity contribution >= 4 is 22.0 Å². The second-order valence-electron chi connectivity index (χ2n) is 7.99. The molecule has 0 aliphatic carbocycles. The van der Waals surface area contributed by atoms with E-state index in [-0.39, 0.29) is 4.90 Å². The molecule has 1 saturated heterocycles. The SMILES string of the molecule is O=C(/C=C/c1ccn(S(=O)(=O)c2c(OCCN3CCCC3)cccc2-c2ccccc2)c1)NO. The number of aromatic nitrogens is 1. The molecule has 0 unspecified atom stereocenters. The van der Waals surface area contributed by atoms with Crippen molar-refractivity contribution in [2.75, 3.05) is 26.2 Å². The van der Waals surface area contributed by atoms with Gasteiger partial charge in [-0.2, -0.15) is 0 Å². The third-order valence-corrected chi connectivity index (χ3v) is 7.41. The molecule has 0 saturated carbocycles. The summed E-state index contributed by atoms with van der Waals surface area (Å²) in [5.41, 5.74) is 3.30. The first-order valence-corrected chi connectivity index (χ1v) is 12.5. The predicted molar refractivity (Wildman–Crippen MR) is 129 cm³/mol. The monoisotopic (exact) mass is 481 g/mol. The summed E-state index contributed by atoms with van der Waals surface area (Å²) in [7, 11) is -4.03. The Morgan fingerprint density at radius 1 is 1.06 bits per heavy atom. The molecule has 4 rings (SSSR count). The van der Waals surface area contributed by atoms with Crippen LogP contribution in [0, 0.1) is 0 Å². The minimum Gasteiger partial charge on any atom is -0.491 e. The number of carbonyl (C=O) groups excluding carboxylic acids is 1. The zero-order valence-corrected chi connectivity index (χ0v) is 19.4. The van der Waals surface area contributed by atoms with Crippen LogP contribution in [0.5, 0.6) is 5.75 Å². The van der Waals surface area contributed by atoms with Crippen molar-refractivity contribution in [3.05, 3.63) is 78.6 Å². The van der Waals surface area contributed by atoms with E-state index in [9.17, 15) is 13.2 Å². The average molecular weight is 482 g/mol. The van der Waals surface area contributed by atoms with Gasteiger partial charge in [0.1, 0.15) is 17.3 Å². The molecular formula is C25H27N3O5S. The van der Waals surface area contributed by atoms with Crippen LogP contribution in [0.3, 0.4) is 0 Å². The average Bonchev–Trinajstić information content (AvgIpc) is 3.55. The van der Waals surface area contributed by atoms with Crippen LogP contribution in [0.2, 0.25) is 0 Å². The lowest BCUT2D eigenvalue weighted by molar-refractivity contribution is -0.124. The number of hydrogen-bond donors (Lipinski definition) is 2. The van der Waals surface area contributed by atoms with Gasteiger partial charge >= 0.3 is 0 Å². The Labute approximate surface area is 199 Å². The highest BCUT2D eigenvalue weighted by Gasteiger charge is 2.26. The Morgan fingerprint density at radius 2 is 1.82 bits per heavy atom. The molecule has 2 heterocycles. The number of benzene rings is 2. The number of ether oxygens (including phenoxy) is 1. The van der Waals surface area contributed by atoms with Gasteiger partial charge in [0.2, 0.25) is 0 Å². The van der Waals surface area contributed by atoms with E-state index in [1.54, 1.807) is 24.3 Å². The summed E-state index contributed by atoms with van der Waals surface area (Å²) in [6.07, 6.45) is 7.69. The first kappa shape index (κ1) is 23.7. The highest BCUT2D eigenvalue weighted by molar-refractivity contribution is 7.90. The fourth-order valence-electron chi connectivity index (χ4n) is 3.99. The highest BCUT2D eigenvalue weighted by Crippen LogP contribution is 2.36. The van der Waals surface area contributed by atoms with Crippen LogP contribution < -0.4 is 10.2 Å². The van der Waals surface area contributed by atoms with Crippen molar-refractivity contribution < 1.29 is 23.2 Å². The van der Waals surface area contributed by atoms with Gasteiger partial charge < -0.3 is 4.74 Å². The normalized spacial score (nSPS) is 14.5. The van der Waals surface area contributed by atoms with Gasteiger partial charge in [-0.3, -0.25) is 14.9 Å². The molecule has 34 heavy (non-hydrogen) atoms. The minimum atomic E-state index is -4.03. The third-order valence-electron chi connectivity index (χ3n) is 5.69. The van der Waals surface area contributed by atoms with Crippen LogP contribution >= 0.6 is 0 Å². The standard InChI is InChI=1S/C25H27N3O5S/c29-24(26-30)12-11-20-13-16-28(19-20)34(31,32)25-22(21-7-2-1-3-8-21)9-6-10-23(25)33-18-17-27-14-4-5-15-27/h1-3,6-13,16,19,30H,4-5,14-15,17-18H2,(H,26,29)/b12-11+. The number of nitrogens with zero attached hydrogens (tertiary/aromatic N) is 2. The van der Waals surface area contributed by atoms with Crippen LogP contribution in [0.25, 0.3) is 17.2 Å². The molecule has 1 amide bonds. The Balaban J connectivity index is 1.70. The second kappa shape index (κ2) is 10.7. The van der Waals surface area contributed by atoms with Crippen LogP contribution in [-0.4, -0.2) is 54.6 Å². The van der Waals surface area contributed by atoms with Crippen LogP contribution in [-0.2, 0) is 14.8 Å². The maximum absolute atomic E-state index is 13.8. The number of hydrogen-bond acceptors (Lipinski definition) is 6. The van der Waals surface area contributed by atoms with Crippen molar-refractivity contribution in [3.8, 4) is 16.9 Å². The molecular weight excluding hydrogens is 454 g/mol. The molecule has 1 aliphatic rings. The summed E-state index contributed by atoms with van der Waals surface area (Å²) in [6.45, 7) is 3.19. The van der Waals surface area contributed by atoms with E-state index in [4.69, 9.17) is 9.94 Å². The summed E-state index contributed by atoms with van der Waals surface area (Å²) < 4.78 is 34.8. The summed E-state index contributed by atoms with van der Waals surface area (Å²) in [6, 6.07) is 16.1. The molecule has 0 atom stereocenters. The fourth-order valence-corrected chi connectivity index (χ4v) is 5.52. The molecule has 1 aromatic heterocycles. The van der Waals surface area contributed by atoms with Crippen molar-refractivity contribution in [2.45, 2.75) is 17.7 Å². The topological polar surface area (TPSA) is 101 Å². The first-order valence-electron chi connectivity index (χ1n) is 11.1. The highest BCUT2D eigenvalue weighted by atomic mass is 32.2. The van der Waals surface area contributed by atoms with E-state index < -0.39 is 15.9 Å². The van der Waals surface area contributed by atoms with Crippen LogP contribution in [0.15, 0.2) is 78.0 Å². The van der Waals surface area contributed by atoms with Gasteiger partial charge in [-0.15, -0.1) is 0 Å². The van der Waals surface area contributed by atoms with Gasteiger partial charge in [-0.05, 0) is 55.3 Å². The second-order valence-corrected chi connectivity index (χ2v) is 9.77. The van der Waals surface area contributed by atoms with Gasteiger partial charge in [0.15, 0.2) is 0 Å². The quantitative estimate of drug-likeness (QED) is 0.276. The largest absolute Gasteiger partial charge is 0.491 e. The maximum atomic E-state index is 13.8. The summed E-state index contributed by atoms with van der Waals surface area (Å²) in [5.74, 6) is -0.412. The molecule has 0 spiro atoms. The zero-order valence-electron chi connectivity index (χ0n) is 18.6. The number of nitrogens with one attached hydrogen (secondary N) is 1. The summed E-state index contributed by atoms with van der Waals surface area (Å²) >= 11 is 0. The molecule has 1 fully saturated rings. The fraction of sp³-hybridized carbons (Fsp3) is 0.240. The van der Waals surface area contributed by atoms with E-state index in [0.717, 1.165) is 35.2 Å². The lowest BCUT2D eigenvalue weighted by Crippen LogP contribution is -2.25. The van der Waals surface area contributed by atoms with Gasteiger partial charge in [-0.1, -0.05) is 42.5 Å². The third kappa shape index (κ3) is 5.39. The van der Waals surface area contributed by atoms with Gasteiger partial charge in [0.25, 0.3) is 15.9 Å². The maximum Gasteiger partial charge on any atom is 0.271 e. The zero-order chi connectivity index (χ0) is 24.0. The number of amides is 1. The molecule has 0 bridgehead atoms. The Morgan fingerprint density at radius 3 is 2.56 bits per heavy atom. The smallest absolute Gasteiger partial charge is 0.271 e. The Kier molecular flexibility index (Phi) is 7.46. The number of likely N-dealkylation sites (tertiary alicyclic amines) is 1. The number of carbonyl (C=O) groups is 1. The van der Waals surface area contributed by atoms with Gasteiger partial charge in [0, 0.05) is 30.6 Å². The molecule has 9 heteroatoms. The molecule has 8 nitrogen and oxygen atoms in total. The molecule has 3 aromatic rings. The van der Waals surface area contributed by atoms with E-state index in [0.29, 0.717) is 23.5 Å². The van der Waals surface area contributed by atoms with E-state index >= 15 is 0 Å². The summed E-state index contributed by atoms with van der Waals surface area (Å²) in [5, 5.41) is 8.64. The lowest BCUT2D eigenvalue weighted by atomic mass is 10.1. The number of hydroxylamine groups is 1. The van der Waals surface area contributed by atoms with E-state index in [1.807, 2.05) is 30.3 Å². The Bertz CT molecular complexity index is 1260. The number of rotatable bonds is 9. The first-order chi connectivity index (χ1) is 16.5. The lowest BCUT2D eigenvalue weighted by Gasteiger charge is -2.19. The van der Waals surface area contributed by atoms with E-state index in [1.165, 1.54) is 36.8 Å². The molecule has 0 radical (unpaired) electrons. The molecule has 1 aliphatic heterocycles. The van der Waals surface area contributed by atoms with Gasteiger partial charge in [-0.25, -0.2) is 17.9 Å². The van der Waals surface area contributed by atoms with Crippen molar-refractivity contribution in [1.29, 1.82) is 0 Å². The van der Waals surface area contributed by atoms with Crippen LogP contribution in [0.4, 0.5) is 0 Å². The predicted octanol–water partition coefficient (Wildman–Crippen LogP) is 3.39.